The maximum Gasteiger partial charge on any atom is 0.267 e. The molecule has 0 radical (unpaired) electrons. The quantitative estimate of drug-likeness (QED) is 0.632. The van der Waals surface area contributed by atoms with Crippen LogP contribution in [0.2, 0.25) is 10.0 Å². The minimum atomic E-state index is -0.220. The first-order valence-corrected chi connectivity index (χ1v) is 7.88. The second kappa shape index (κ2) is 5.68. The van der Waals surface area contributed by atoms with Crippen molar-refractivity contribution in [1.29, 1.82) is 0 Å². The average Bonchev–Trinajstić information content (AvgIpc) is 2.77. The van der Waals surface area contributed by atoms with Gasteiger partial charge in [0, 0.05) is 15.8 Å². The van der Waals surface area contributed by atoms with E-state index in [9.17, 15) is 4.79 Å². The lowest BCUT2D eigenvalue weighted by atomic mass is 10.2. The highest BCUT2D eigenvalue weighted by Gasteiger charge is 2.18. The predicted octanol–water partition coefficient (Wildman–Crippen LogP) is 5.77. The third kappa shape index (κ3) is 2.77. The molecule has 0 aliphatic heterocycles. The van der Waals surface area contributed by atoms with Crippen LogP contribution in [-0.4, -0.2) is 5.91 Å². The first-order valence-electron chi connectivity index (χ1n) is 6.31. The Balaban J connectivity index is 1.99. The van der Waals surface area contributed by atoms with Gasteiger partial charge in [-0.1, -0.05) is 41.4 Å². The molecule has 1 N–H and O–H groups in total. The number of nitrogens with one attached hydrogen (secondary N) is 1. The second-order valence-electron chi connectivity index (χ2n) is 4.68. The summed E-state index contributed by atoms with van der Waals surface area (Å²) in [5, 5.41) is 4.57. The Morgan fingerprint density at radius 1 is 1.14 bits per heavy atom. The molecular formula is C16H11Cl2NOS. The summed E-state index contributed by atoms with van der Waals surface area (Å²) in [5.41, 5.74) is 1.83. The number of amides is 1. The summed E-state index contributed by atoms with van der Waals surface area (Å²) < 4.78 is 0.905. The standard InChI is InChI=1S/C16H11Cl2NOS/c1-9-4-2-5-10(8-9)19-16(20)15-14(18)13-11(17)6-3-7-12(13)21-15/h2-8H,1H3,(H,19,20). The molecule has 1 aromatic heterocycles. The van der Waals surface area contributed by atoms with Gasteiger partial charge in [0.15, 0.2) is 0 Å². The summed E-state index contributed by atoms with van der Waals surface area (Å²) in [6.45, 7) is 1.97. The number of hydrogen-bond acceptors (Lipinski definition) is 2. The topological polar surface area (TPSA) is 29.1 Å². The lowest BCUT2D eigenvalue weighted by molar-refractivity contribution is 0.103. The van der Waals surface area contributed by atoms with E-state index in [0.717, 1.165) is 21.3 Å². The molecule has 0 unspecified atom stereocenters. The number of fused-ring (bicyclic) bond motifs is 1. The molecule has 21 heavy (non-hydrogen) atoms. The highest BCUT2D eigenvalue weighted by atomic mass is 35.5. The molecule has 1 amide bonds. The zero-order chi connectivity index (χ0) is 15.0. The number of benzene rings is 2. The third-order valence-electron chi connectivity index (χ3n) is 3.09. The molecule has 1 heterocycles. The molecule has 0 fully saturated rings. The van der Waals surface area contributed by atoms with Crippen molar-refractivity contribution in [2.24, 2.45) is 0 Å². The van der Waals surface area contributed by atoms with E-state index >= 15 is 0 Å². The van der Waals surface area contributed by atoms with E-state index in [4.69, 9.17) is 23.2 Å². The number of rotatable bonds is 2. The van der Waals surface area contributed by atoms with Crippen molar-refractivity contribution in [2.75, 3.05) is 5.32 Å². The van der Waals surface area contributed by atoms with E-state index in [0.29, 0.717) is 14.9 Å². The van der Waals surface area contributed by atoms with Crippen LogP contribution in [-0.2, 0) is 0 Å². The van der Waals surface area contributed by atoms with Gasteiger partial charge in [0.2, 0.25) is 0 Å². The Morgan fingerprint density at radius 2 is 1.90 bits per heavy atom. The fraction of sp³-hybridized carbons (Fsp3) is 0.0625. The number of carbonyl (C=O) groups excluding carboxylic acids is 1. The summed E-state index contributed by atoms with van der Waals surface area (Å²) >= 11 is 13.8. The number of hydrogen-bond donors (Lipinski definition) is 1. The van der Waals surface area contributed by atoms with E-state index < -0.39 is 0 Å². The lowest BCUT2D eigenvalue weighted by Gasteiger charge is -2.04. The molecule has 0 aliphatic carbocycles. The van der Waals surface area contributed by atoms with Crippen LogP contribution in [0.3, 0.4) is 0 Å². The van der Waals surface area contributed by atoms with Crippen molar-refractivity contribution in [3.8, 4) is 0 Å². The lowest BCUT2D eigenvalue weighted by Crippen LogP contribution is -2.10. The van der Waals surface area contributed by atoms with Gasteiger partial charge in [-0.3, -0.25) is 4.79 Å². The van der Waals surface area contributed by atoms with Crippen LogP contribution in [0.4, 0.5) is 5.69 Å². The fourth-order valence-electron chi connectivity index (χ4n) is 2.13. The van der Waals surface area contributed by atoms with Gasteiger partial charge in [-0.05, 0) is 36.8 Å². The summed E-state index contributed by atoms with van der Waals surface area (Å²) in [5.74, 6) is -0.220. The summed E-state index contributed by atoms with van der Waals surface area (Å²) in [4.78, 5) is 12.9. The number of halogens is 2. The van der Waals surface area contributed by atoms with Gasteiger partial charge in [-0.2, -0.15) is 0 Å². The summed E-state index contributed by atoms with van der Waals surface area (Å²) in [6, 6.07) is 13.1. The molecule has 0 aliphatic rings. The number of anilines is 1. The first kappa shape index (κ1) is 14.4. The van der Waals surface area contributed by atoms with Crippen LogP contribution >= 0.6 is 34.5 Å². The van der Waals surface area contributed by atoms with E-state index in [1.54, 1.807) is 6.07 Å². The second-order valence-corrected chi connectivity index (χ2v) is 6.52. The van der Waals surface area contributed by atoms with Gasteiger partial charge in [-0.15, -0.1) is 11.3 Å². The number of aryl methyl sites for hydroxylation is 1. The highest BCUT2D eigenvalue weighted by Crippen LogP contribution is 2.39. The van der Waals surface area contributed by atoms with E-state index in [1.165, 1.54) is 11.3 Å². The van der Waals surface area contributed by atoms with E-state index in [-0.39, 0.29) is 5.91 Å². The molecule has 3 rings (SSSR count). The Bertz CT molecular complexity index is 841. The molecule has 0 bridgehead atoms. The largest absolute Gasteiger partial charge is 0.321 e. The highest BCUT2D eigenvalue weighted by molar-refractivity contribution is 7.21. The molecule has 0 saturated heterocycles. The van der Waals surface area contributed by atoms with Crippen molar-refractivity contribution in [2.45, 2.75) is 6.92 Å². The Morgan fingerprint density at radius 3 is 2.62 bits per heavy atom. The van der Waals surface area contributed by atoms with E-state index in [2.05, 4.69) is 5.32 Å². The Hall–Kier alpha value is -1.55. The Labute approximate surface area is 136 Å². The van der Waals surface area contributed by atoms with Crippen molar-refractivity contribution in [1.82, 2.24) is 0 Å². The molecule has 0 spiro atoms. The fourth-order valence-corrected chi connectivity index (χ4v) is 3.98. The Kier molecular flexibility index (Phi) is 3.89. The molecular weight excluding hydrogens is 325 g/mol. The normalized spacial score (nSPS) is 10.8. The smallest absolute Gasteiger partial charge is 0.267 e. The van der Waals surface area contributed by atoms with Crippen LogP contribution in [0.25, 0.3) is 10.1 Å². The van der Waals surface area contributed by atoms with Crippen LogP contribution in [0, 0.1) is 6.92 Å². The van der Waals surface area contributed by atoms with Gasteiger partial charge >= 0.3 is 0 Å². The minimum absolute atomic E-state index is 0.220. The van der Waals surface area contributed by atoms with Crippen molar-refractivity contribution >= 4 is 56.2 Å². The number of thiophene rings is 1. The zero-order valence-corrected chi connectivity index (χ0v) is 13.4. The van der Waals surface area contributed by atoms with E-state index in [1.807, 2.05) is 43.3 Å². The van der Waals surface area contributed by atoms with Crippen molar-refractivity contribution in [3.63, 3.8) is 0 Å². The van der Waals surface area contributed by atoms with Crippen molar-refractivity contribution < 1.29 is 4.79 Å². The maximum atomic E-state index is 12.4. The van der Waals surface area contributed by atoms with Crippen LogP contribution in [0.15, 0.2) is 42.5 Å². The summed E-state index contributed by atoms with van der Waals surface area (Å²) in [7, 11) is 0. The summed E-state index contributed by atoms with van der Waals surface area (Å²) in [6.07, 6.45) is 0. The average molecular weight is 336 g/mol. The molecule has 106 valence electrons. The maximum absolute atomic E-state index is 12.4. The van der Waals surface area contributed by atoms with Crippen LogP contribution in [0.5, 0.6) is 0 Å². The van der Waals surface area contributed by atoms with Gasteiger partial charge in [0.1, 0.15) is 4.88 Å². The molecule has 3 aromatic rings. The molecule has 2 aromatic carbocycles. The predicted molar refractivity (Wildman–Crippen MR) is 91.0 cm³/mol. The van der Waals surface area contributed by atoms with Gasteiger partial charge < -0.3 is 5.32 Å². The zero-order valence-electron chi connectivity index (χ0n) is 11.1. The minimum Gasteiger partial charge on any atom is -0.321 e. The van der Waals surface area contributed by atoms with Crippen molar-refractivity contribution in [3.05, 3.63) is 63.0 Å². The monoisotopic (exact) mass is 335 g/mol. The number of carbonyl (C=O) groups is 1. The SMILES string of the molecule is Cc1cccc(NC(=O)c2sc3cccc(Cl)c3c2Cl)c1. The molecule has 0 atom stereocenters. The van der Waals surface area contributed by atoms with Crippen LogP contribution < -0.4 is 5.32 Å². The molecule has 2 nitrogen and oxygen atoms in total. The van der Waals surface area contributed by atoms with Gasteiger partial charge in [-0.25, -0.2) is 0 Å². The molecule has 5 heteroatoms. The first-order chi connectivity index (χ1) is 10.1. The molecule has 0 saturated carbocycles. The van der Waals surface area contributed by atoms with Gasteiger partial charge in [0.25, 0.3) is 5.91 Å². The third-order valence-corrected chi connectivity index (χ3v) is 5.05. The van der Waals surface area contributed by atoms with Gasteiger partial charge in [0.05, 0.1) is 10.0 Å². The van der Waals surface area contributed by atoms with Crippen LogP contribution in [0.1, 0.15) is 15.2 Å².